The van der Waals surface area contributed by atoms with Crippen LogP contribution in [0.5, 0.6) is 0 Å². The molecule has 3 heteroatoms. The molecule has 0 aromatic rings. The van der Waals surface area contributed by atoms with Crippen LogP contribution in [-0.2, 0) is 0 Å². The van der Waals surface area contributed by atoms with Gasteiger partial charge in [-0.3, -0.25) is 4.90 Å². The van der Waals surface area contributed by atoms with Gasteiger partial charge in [0.15, 0.2) is 0 Å². The maximum absolute atomic E-state index is 2.73. The number of nitrogens with zero attached hydrogens (tertiary/aromatic N) is 3. The molecule has 0 aromatic heterocycles. The van der Waals surface area contributed by atoms with E-state index in [4.69, 9.17) is 0 Å². The number of unbranched alkanes of at least 4 members (excludes halogenated alkanes) is 1. The topological polar surface area (TPSA) is 9.72 Å². The largest absolute Gasteiger partial charge is 0.303 e. The smallest absolute Gasteiger partial charge is 0.0126 e. The molecule has 0 aromatic carbocycles. The van der Waals surface area contributed by atoms with E-state index in [1.54, 1.807) is 0 Å². The molecule has 0 amide bonds. The fourth-order valence-electron chi connectivity index (χ4n) is 4.35. The van der Waals surface area contributed by atoms with Crippen LogP contribution in [0.25, 0.3) is 0 Å². The standard InChI is InChI=1S/C22H45N3/c1-21(2,3)11-7-8-12-23-13-9-20(10-14-23)19-24-15-17-25(18-16-24)22(4,5)6/h20H,7-19H2,1-6H3. The Kier molecular flexibility index (Phi) is 7.79. The lowest BCUT2D eigenvalue weighted by Gasteiger charge is -2.43. The molecular formula is C22H45N3. The zero-order chi connectivity index (χ0) is 18.5. The minimum Gasteiger partial charge on any atom is -0.303 e. The van der Waals surface area contributed by atoms with Crippen LogP contribution in [0.4, 0.5) is 0 Å². The zero-order valence-corrected chi connectivity index (χ0v) is 18.1. The van der Waals surface area contributed by atoms with Crippen molar-refractivity contribution in [2.24, 2.45) is 11.3 Å². The molecule has 2 saturated heterocycles. The van der Waals surface area contributed by atoms with E-state index in [1.807, 2.05) is 0 Å². The summed E-state index contributed by atoms with van der Waals surface area (Å²) in [6.45, 7) is 24.5. The first kappa shape index (κ1) is 21.2. The molecule has 2 rings (SSSR count). The summed E-state index contributed by atoms with van der Waals surface area (Å²) >= 11 is 0. The maximum atomic E-state index is 2.73. The van der Waals surface area contributed by atoms with Gasteiger partial charge in [0.25, 0.3) is 0 Å². The Bertz CT molecular complexity index is 364. The highest BCUT2D eigenvalue weighted by molar-refractivity contribution is 4.83. The first-order valence-corrected chi connectivity index (χ1v) is 10.8. The van der Waals surface area contributed by atoms with Gasteiger partial charge in [0.1, 0.15) is 0 Å². The minimum atomic E-state index is 0.338. The van der Waals surface area contributed by atoms with Gasteiger partial charge in [-0.2, -0.15) is 0 Å². The van der Waals surface area contributed by atoms with Crippen molar-refractivity contribution in [3.05, 3.63) is 0 Å². The van der Waals surface area contributed by atoms with Gasteiger partial charge in [0.2, 0.25) is 0 Å². The number of rotatable bonds is 6. The first-order chi connectivity index (χ1) is 11.6. The molecule has 148 valence electrons. The summed E-state index contributed by atoms with van der Waals surface area (Å²) in [5.41, 5.74) is 0.842. The molecule has 2 heterocycles. The zero-order valence-electron chi connectivity index (χ0n) is 18.1. The molecular weight excluding hydrogens is 306 g/mol. The predicted octanol–water partition coefficient (Wildman–Crippen LogP) is 4.33. The predicted molar refractivity (Wildman–Crippen MR) is 110 cm³/mol. The van der Waals surface area contributed by atoms with E-state index in [0.29, 0.717) is 11.0 Å². The quantitative estimate of drug-likeness (QED) is 0.659. The normalized spacial score (nSPS) is 23.3. The molecule has 3 nitrogen and oxygen atoms in total. The van der Waals surface area contributed by atoms with Crippen LogP contribution in [-0.4, -0.2) is 72.6 Å². The minimum absolute atomic E-state index is 0.338. The highest BCUT2D eigenvalue weighted by Gasteiger charge is 2.27. The van der Waals surface area contributed by atoms with Crippen LogP contribution in [0.1, 0.15) is 73.6 Å². The first-order valence-electron chi connectivity index (χ1n) is 10.8. The Morgan fingerprint density at radius 1 is 0.720 bits per heavy atom. The Balaban J connectivity index is 1.57. The molecule has 2 aliphatic heterocycles. The van der Waals surface area contributed by atoms with Gasteiger partial charge in [-0.1, -0.05) is 27.2 Å². The number of piperazine rings is 1. The molecule has 25 heavy (non-hydrogen) atoms. The summed E-state index contributed by atoms with van der Waals surface area (Å²) in [7, 11) is 0. The van der Waals surface area contributed by atoms with Crippen molar-refractivity contribution in [2.45, 2.75) is 79.2 Å². The van der Waals surface area contributed by atoms with E-state index < -0.39 is 0 Å². The van der Waals surface area contributed by atoms with E-state index in [-0.39, 0.29) is 0 Å². The van der Waals surface area contributed by atoms with Crippen molar-refractivity contribution in [2.75, 3.05) is 52.4 Å². The molecule has 0 radical (unpaired) electrons. The monoisotopic (exact) mass is 351 g/mol. The summed E-state index contributed by atoms with van der Waals surface area (Å²) in [4.78, 5) is 8.09. The lowest BCUT2D eigenvalue weighted by Crippen LogP contribution is -2.54. The van der Waals surface area contributed by atoms with Crippen LogP contribution in [0, 0.1) is 11.3 Å². The molecule has 0 unspecified atom stereocenters. The Morgan fingerprint density at radius 3 is 1.84 bits per heavy atom. The average Bonchev–Trinajstić information content (AvgIpc) is 2.52. The van der Waals surface area contributed by atoms with Crippen molar-refractivity contribution >= 4 is 0 Å². The Morgan fingerprint density at radius 2 is 1.32 bits per heavy atom. The summed E-state index contributed by atoms with van der Waals surface area (Å²) in [6, 6.07) is 0. The van der Waals surface area contributed by atoms with Gasteiger partial charge >= 0.3 is 0 Å². The van der Waals surface area contributed by atoms with Gasteiger partial charge in [0, 0.05) is 38.3 Å². The molecule has 0 saturated carbocycles. The van der Waals surface area contributed by atoms with Gasteiger partial charge < -0.3 is 9.80 Å². The van der Waals surface area contributed by atoms with Crippen LogP contribution < -0.4 is 0 Å². The molecule has 0 atom stereocenters. The van der Waals surface area contributed by atoms with Crippen molar-refractivity contribution in [3.63, 3.8) is 0 Å². The van der Waals surface area contributed by atoms with Crippen LogP contribution in [0.15, 0.2) is 0 Å². The molecule has 2 fully saturated rings. The molecule has 2 aliphatic rings. The molecule has 0 spiro atoms. The maximum Gasteiger partial charge on any atom is 0.0126 e. The van der Waals surface area contributed by atoms with Crippen molar-refractivity contribution in [3.8, 4) is 0 Å². The van der Waals surface area contributed by atoms with Gasteiger partial charge in [-0.15, -0.1) is 0 Å². The van der Waals surface area contributed by atoms with Crippen LogP contribution in [0.2, 0.25) is 0 Å². The Hall–Kier alpha value is -0.120. The SMILES string of the molecule is CC(C)(C)CCCCN1CCC(CN2CCN(C(C)(C)C)CC2)CC1. The third-order valence-corrected chi connectivity index (χ3v) is 6.20. The highest BCUT2D eigenvalue weighted by atomic mass is 15.3. The third-order valence-electron chi connectivity index (χ3n) is 6.20. The average molecular weight is 352 g/mol. The van der Waals surface area contributed by atoms with Crippen LogP contribution >= 0.6 is 0 Å². The lowest BCUT2D eigenvalue weighted by atomic mass is 9.89. The van der Waals surface area contributed by atoms with Gasteiger partial charge in [0.05, 0.1) is 0 Å². The highest BCUT2D eigenvalue weighted by Crippen LogP contribution is 2.23. The molecule has 0 aliphatic carbocycles. The third kappa shape index (κ3) is 7.97. The molecule has 0 N–H and O–H groups in total. The van der Waals surface area contributed by atoms with Crippen molar-refractivity contribution < 1.29 is 0 Å². The van der Waals surface area contributed by atoms with E-state index in [1.165, 1.54) is 84.5 Å². The van der Waals surface area contributed by atoms with E-state index in [9.17, 15) is 0 Å². The second-order valence-corrected chi connectivity index (χ2v) is 10.8. The summed E-state index contributed by atoms with van der Waals surface area (Å²) < 4.78 is 0. The number of hydrogen-bond acceptors (Lipinski definition) is 3. The summed E-state index contributed by atoms with van der Waals surface area (Å²) in [6.07, 6.45) is 6.97. The fraction of sp³-hybridized carbons (Fsp3) is 1.00. The lowest BCUT2D eigenvalue weighted by molar-refractivity contribution is 0.0478. The molecule has 0 bridgehead atoms. The second-order valence-electron chi connectivity index (χ2n) is 10.8. The summed E-state index contributed by atoms with van der Waals surface area (Å²) in [5, 5.41) is 0. The van der Waals surface area contributed by atoms with Gasteiger partial charge in [-0.25, -0.2) is 0 Å². The van der Waals surface area contributed by atoms with E-state index in [2.05, 4.69) is 56.2 Å². The summed E-state index contributed by atoms with van der Waals surface area (Å²) in [5.74, 6) is 0.937. The van der Waals surface area contributed by atoms with E-state index in [0.717, 1.165) is 5.92 Å². The second kappa shape index (κ2) is 9.19. The van der Waals surface area contributed by atoms with Gasteiger partial charge in [-0.05, 0) is 77.4 Å². The Labute approximate surface area is 158 Å². The van der Waals surface area contributed by atoms with Crippen molar-refractivity contribution in [1.82, 2.24) is 14.7 Å². The number of hydrogen-bond donors (Lipinski definition) is 0. The van der Waals surface area contributed by atoms with Crippen molar-refractivity contribution in [1.29, 1.82) is 0 Å². The number of piperidine rings is 1. The van der Waals surface area contributed by atoms with E-state index >= 15 is 0 Å². The number of likely N-dealkylation sites (tertiary alicyclic amines) is 1. The van der Waals surface area contributed by atoms with Crippen LogP contribution in [0.3, 0.4) is 0 Å². The fourth-order valence-corrected chi connectivity index (χ4v) is 4.35.